The summed E-state index contributed by atoms with van der Waals surface area (Å²) in [6.07, 6.45) is 2.15. The molecule has 0 unspecified atom stereocenters. The molecule has 1 aliphatic heterocycles. The molecule has 35 heavy (non-hydrogen) atoms. The van der Waals surface area contributed by atoms with E-state index in [-0.39, 0.29) is 41.2 Å². The number of nitriles is 1. The summed E-state index contributed by atoms with van der Waals surface area (Å²) >= 11 is 0. The highest BCUT2D eigenvalue weighted by Gasteiger charge is 2.51. The van der Waals surface area contributed by atoms with E-state index in [4.69, 9.17) is 5.26 Å². The van der Waals surface area contributed by atoms with Gasteiger partial charge in [-0.15, -0.1) is 0 Å². The van der Waals surface area contributed by atoms with E-state index in [0.29, 0.717) is 11.1 Å². The van der Waals surface area contributed by atoms with Crippen molar-refractivity contribution in [2.45, 2.75) is 24.8 Å². The number of carbonyl (C=O) groups excluding carboxylic acids is 2. The molecule has 0 fully saturated rings. The average Bonchev–Trinajstić information content (AvgIpc) is 3.39. The molecule has 178 valence electrons. The number of fused-ring (bicyclic) bond motifs is 3. The second kappa shape index (κ2) is 7.78. The smallest absolute Gasteiger partial charge is 0.255 e. The van der Waals surface area contributed by atoms with Crippen LogP contribution in [-0.4, -0.2) is 46.9 Å². The third-order valence-electron chi connectivity index (χ3n) is 6.12. The van der Waals surface area contributed by atoms with Crippen LogP contribution < -0.4 is 5.32 Å². The number of carbonyl (C=O) groups is 2. The standard InChI is InChI=1S/C23H17F2N5O4S/c1-35(33,34)11-15(31)6-18-20-21(29-30(18)19-3-2-12(9-26)10-27-19)23(28-22(20)32)7-13-4-16(24)17(25)5-14(13)8-23/h2-5,10H,6-8,11H2,1H3,(H,28,32). The van der Waals surface area contributed by atoms with Gasteiger partial charge in [0.1, 0.15) is 17.5 Å². The van der Waals surface area contributed by atoms with Crippen LogP contribution in [0.5, 0.6) is 0 Å². The second-order valence-electron chi connectivity index (χ2n) is 8.81. The lowest BCUT2D eigenvalue weighted by Crippen LogP contribution is -2.41. The Balaban J connectivity index is 1.64. The fourth-order valence-electron chi connectivity index (χ4n) is 4.75. The summed E-state index contributed by atoms with van der Waals surface area (Å²) in [4.78, 5) is 29.9. The van der Waals surface area contributed by atoms with Crippen molar-refractivity contribution in [2.75, 3.05) is 12.0 Å². The van der Waals surface area contributed by atoms with Crippen molar-refractivity contribution < 1.29 is 26.8 Å². The number of rotatable bonds is 5. The van der Waals surface area contributed by atoms with Crippen LogP contribution in [0.3, 0.4) is 0 Å². The molecule has 1 amide bonds. The van der Waals surface area contributed by atoms with Crippen molar-refractivity contribution >= 4 is 21.5 Å². The number of hydrogen-bond donors (Lipinski definition) is 1. The first-order chi connectivity index (χ1) is 16.5. The Morgan fingerprint density at radius 3 is 2.43 bits per heavy atom. The number of halogens is 2. The molecule has 2 aliphatic rings. The van der Waals surface area contributed by atoms with Crippen LogP contribution >= 0.6 is 0 Å². The normalized spacial score (nSPS) is 15.5. The molecule has 3 aromatic rings. The van der Waals surface area contributed by atoms with Gasteiger partial charge in [0.25, 0.3) is 5.91 Å². The molecule has 12 heteroatoms. The highest BCUT2D eigenvalue weighted by atomic mass is 32.2. The number of pyridine rings is 1. The lowest BCUT2D eigenvalue weighted by Gasteiger charge is -2.22. The van der Waals surface area contributed by atoms with Crippen molar-refractivity contribution in [3.63, 3.8) is 0 Å². The maximum Gasteiger partial charge on any atom is 0.255 e. The summed E-state index contributed by atoms with van der Waals surface area (Å²) in [6.45, 7) is 0. The molecule has 9 nitrogen and oxygen atoms in total. The largest absolute Gasteiger partial charge is 0.340 e. The van der Waals surface area contributed by atoms with Crippen LogP contribution in [0.15, 0.2) is 30.5 Å². The van der Waals surface area contributed by atoms with E-state index >= 15 is 0 Å². The van der Waals surface area contributed by atoms with Crippen molar-refractivity contribution in [3.05, 3.63) is 75.7 Å². The van der Waals surface area contributed by atoms with Gasteiger partial charge < -0.3 is 5.32 Å². The molecule has 0 saturated heterocycles. The zero-order valence-electron chi connectivity index (χ0n) is 18.3. The Hall–Kier alpha value is -3.98. The van der Waals surface area contributed by atoms with E-state index in [1.807, 2.05) is 6.07 Å². The van der Waals surface area contributed by atoms with Gasteiger partial charge in [-0.1, -0.05) is 0 Å². The molecule has 0 radical (unpaired) electrons. The maximum atomic E-state index is 13.9. The highest BCUT2D eigenvalue weighted by molar-refractivity contribution is 7.91. The molecule has 1 aromatic carbocycles. The van der Waals surface area contributed by atoms with Crippen molar-refractivity contribution in [1.29, 1.82) is 5.26 Å². The number of hydrogen-bond acceptors (Lipinski definition) is 7. The molecular weight excluding hydrogens is 480 g/mol. The lowest BCUT2D eigenvalue weighted by atomic mass is 9.92. The number of nitrogens with one attached hydrogen (secondary N) is 1. The third kappa shape index (κ3) is 3.87. The van der Waals surface area contributed by atoms with E-state index in [2.05, 4.69) is 15.4 Å². The Morgan fingerprint density at radius 2 is 1.89 bits per heavy atom. The van der Waals surface area contributed by atoms with Crippen molar-refractivity contribution in [1.82, 2.24) is 20.1 Å². The van der Waals surface area contributed by atoms with Gasteiger partial charge in [0.2, 0.25) is 0 Å². The van der Waals surface area contributed by atoms with Crippen LogP contribution in [0.1, 0.15) is 38.4 Å². The van der Waals surface area contributed by atoms with Crippen LogP contribution in [0.4, 0.5) is 8.78 Å². The number of sulfone groups is 1. The summed E-state index contributed by atoms with van der Waals surface area (Å²) in [7, 11) is -3.61. The number of nitrogens with zero attached hydrogens (tertiary/aromatic N) is 4. The van der Waals surface area contributed by atoms with E-state index in [9.17, 15) is 26.8 Å². The molecule has 2 aromatic heterocycles. The summed E-state index contributed by atoms with van der Waals surface area (Å²) in [5, 5.41) is 16.5. The van der Waals surface area contributed by atoms with E-state index < -0.39 is 50.9 Å². The summed E-state index contributed by atoms with van der Waals surface area (Å²) < 4.78 is 52.3. The van der Waals surface area contributed by atoms with Gasteiger partial charge in [-0.25, -0.2) is 26.9 Å². The molecular formula is C23H17F2N5O4S. The molecule has 1 N–H and O–H groups in total. The zero-order chi connectivity index (χ0) is 25.1. The fourth-order valence-corrected chi connectivity index (χ4v) is 5.44. The van der Waals surface area contributed by atoms with Crippen LogP contribution in [0.2, 0.25) is 0 Å². The minimum atomic E-state index is -3.61. The van der Waals surface area contributed by atoms with Crippen LogP contribution in [0, 0.1) is 23.0 Å². The highest BCUT2D eigenvalue weighted by Crippen LogP contribution is 2.44. The predicted octanol–water partition coefficient (Wildman–Crippen LogP) is 1.31. The second-order valence-corrected chi connectivity index (χ2v) is 10.9. The predicted molar refractivity (Wildman–Crippen MR) is 117 cm³/mol. The van der Waals surface area contributed by atoms with Gasteiger partial charge in [0.15, 0.2) is 33.1 Å². The Morgan fingerprint density at radius 1 is 1.23 bits per heavy atom. The Bertz CT molecular complexity index is 1540. The summed E-state index contributed by atoms with van der Waals surface area (Å²) in [6, 6.07) is 7.12. The van der Waals surface area contributed by atoms with Crippen LogP contribution in [0.25, 0.3) is 5.82 Å². The van der Waals surface area contributed by atoms with Gasteiger partial charge in [-0.05, 0) is 35.4 Å². The monoisotopic (exact) mass is 497 g/mol. The van der Waals surface area contributed by atoms with E-state index in [0.717, 1.165) is 18.4 Å². The van der Waals surface area contributed by atoms with Gasteiger partial charge in [-0.2, -0.15) is 10.4 Å². The van der Waals surface area contributed by atoms with Crippen LogP contribution in [-0.2, 0) is 39.4 Å². The molecule has 0 bridgehead atoms. The van der Waals surface area contributed by atoms with Gasteiger partial charge in [0.05, 0.1) is 28.8 Å². The van der Waals surface area contributed by atoms with E-state index in [1.54, 1.807) is 0 Å². The first-order valence-electron chi connectivity index (χ1n) is 10.5. The summed E-state index contributed by atoms with van der Waals surface area (Å²) in [5.74, 6) is -3.66. The lowest BCUT2D eigenvalue weighted by molar-refractivity contribution is -0.116. The Labute approximate surface area is 198 Å². The minimum absolute atomic E-state index is 0.103. The Kier molecular flexibility index (Phi) is 5.06. The van der Waals surface area contributed by atoms with Crippen molar-refractivity contribution in [2.24, 2.45) is 0 Å². The number of benzene rings is 1. The quantitative estimate of drug-likeness (QED) is 0.562. The molecule has 0 saturated carbocycles. The average molecular weight is 497 g/mol. The number of aromatic nitrogens is 3. The van der Waals surface area contributed by atoms with Gasteiger partial charge in [-0.3, -0.25) is 9.59 Å². The fraction of sp³-hybridized carbons (Fsp3) is 0.261. The maximum absolute atomic E-state index is 13.9. The molecule has 1 aliphatic carbocycles. The van der Waals surface area contributed by atoms with Gasteiger partial charge in [0, 0.05) is 25.3 Å². The number of amides is 1. The molecule has 5 rings (SSSR count). The first kappa shape index (κ1) is 22.8. The molecule has 0 atom stereocenters. The molecule has 3 heterocycles. The van der Waals surface area contributed by atoms with Crippen molar-refractivity contribution in [3.8, 4) is 11.9 Å². The third-order valence-corrected chi connectivity index (χ3v) is 6.97. The minimum Gasteiger partial charge on any atom is -0.340 e. The number of ketones is 1. The topological polar surface area (TPSA) is 135 Å². The first-order valence-corrected chi connectivity index (χ1v) is 12.5. The van der Waals surface area contributed by atoms with Gasteiger partial charge >= 0.3 is 0 Å². The summed E-state index contributed by atoms with van der Waals surface area (Å²) in [5.41, 5.74) is 0.790. The molecule has 1 spiro atoms. The number of Topliss-reactive ketones (excluding diaryl/α,β-unsaturated/α-hetero) is 1. The zero-order valence-corrected chi connectivity index (χ0v) is 19.1. The SMILES string of the molecule is CS(=O)(=O)CC(=O)Cc1c2c(nn1-c1ccc(C#N)cn1)C1(Cc3cc(F)c(F)cc3C1)NC2=O. The van der Waals surface area contributed by atoms with E-state index in [1.165, 1.54) is 23.0 Å².